The lowest BCUT2D eigenvalue weighted by Gasteiger charge is -1.89. The van der Waals surface area contributed by atoms with Gasteiger partial charge in [-0.25, -0.2) is 0 Å². The summed E-state index contributed by atoms with van der Waals surface area (Å²) in [6, 6.07) is 1.75. The molecule has 0 aliphatic carbocycles. The number of hydrogen-bond acceptors (Lipinski definition) is 2. The summed E-state index contributed by atoms with van der Waals surface area (Å²) in [7, 11) is 0. The van der Waals surface area contributed by atoms with Crippen LogP contribution in [0.2, 0.25) is 0 Å². The highest BCUT2D eigenvalue weighted by molar-refractivity contribution is 14.1. The standard InChI is InChI=1S/C5H4INO/c6-4-1-2-7-3-5(4)8/h1-3,8H. The SMILES string of the molecule is Oc1cnccc1I. The molecule has 0 bridgehead atoms. The van der Waals surface area contributed by atoms with Crippen molar-refractivity contribution in [2.75, 3.05) is 0 Å². The van der Waals surface area contributed by atoms with Crippen LogP contribution in [0.25, 0.3) is 0 Å². The van der Waals surface area contributed by atoms with E-state index in [1.807, 2.05) is 22.6 Å². The Hall–Kier alpha value is -0.320. The lowest BCUT2D eigenvalue weighted by atomic mass is 10.5. The van der Waals surface area contributed by atoms with Crippen LogP contribution in [-0.2, 0) is 0 Å². The summed E-state index contributed by atoms with van der Waals surface area (Å²) in [4.78, 5) is 3.69. The van der Waals surface area contributed by atoms with Crippen molar-refractivity contribution in [1.29, 1.82) is 0 Å². The van der Waals surface area contributed by atoms with Crippen LogP contribution in [-0.4, -0.2) is 10.1 Å². The molecule has 1 heterocycles. The molecule has 42 valence electrons. The van der Waals surface area contributed by atoms with Crippen molar-refractivity contribution >= 4 is 22.6 Å². The van der Waals surface area contributed by atoms with Crippen molar-refractivity contribution in [1.82, 2.24) is 4.98 Å². The smallest absolute Gasteiger partial charge is 0.147 e. The summed E-state index contributed by atoms with van der Waals surface area (Å²) in [5.74, 6) is 0.244. The van der Waals surface area contributed by atoms with Gasteiger partial charge in [0.15, 0.2) is 0 Å². The van der Waals surface area contributed by atoms with Crippen molar-refractivity contribution < 1.29 is 5.11 Å². The third-order valence-electron chi connectivity index (χ3n) is 0.748. The highest BCUT2D eigenvalue weighted by atomic mass is 127. The zero-order chi connectivity index (χ0) is 5.98. The molecule has 1 aromatic rings. The average Bonchev–Trinajstić information content (AvgIpc) is 1.77. The number of aromatic hydroxyl groups is 1. The topological polar surface area (TPSA) is 33.1 Å². The minimum atomic E-state index is 0.244. The third-order valence-corrected chi connectivity index (χ3v) is 1.66. The predicted octanol–water partition coefficient (Wildman–Crippen LogP) is 1.39. The van der Waals surface area contributed by atoms with Crippen molar-refractivity contribution in [3.05, 3.63) is 22.0 Å². The number of halogens is 1. The van der Waals surface area contributed by atoms with Gasteiger partial charge in [-0.3, -0.25) is 4.98 Å². The van der Waals surface area contributed by atoms with E-state index in [0.29, 0.717) is 0 Å². The van der Waals surface area contributed by atoms with Crippen LogP contribution in [0, 0.1) is 3.57 Å². The maximum atomic E-state index is 8.85. The van der Waals surface area contributed by atoms with Crippen LogP contribution in [0.5, 0.6) is 5.75 Å². The summed E-state index contributed by atoms with van der Waals surface area (Å²) in [5.41, 5.74) is 0. The molecular formula is C5H4INO. The molecule has 0 aliphatic heterocycles. The Morgan fingerprint density at radius 3 is 2.75 bits per heavy atom. The molecule has 1 aromatic heterocycles. The average molecular weight is 221 g/mol. The van der Waals surface area contributed by atoms with Crippen LogP contribution in [0.4, 0.5) is 0 Å². The largest absolute Gasteiger partial charge is 0.505 e. The number of nitrogens with zero attached hydrogens (tertiary/aromatic N) is 1. The van der Waals surface area contributed by atoms with Crippen LogP contribution in [0.3, 0.4) is 0 Å². The van der Waals surface area contributed by atoms with Gasteiger partial charge in [-0.1, -0.05) is 0 Å². The van der Waals surface area contributed by atoms with E-state index < -0.39 is 0 Å². The van der Waals surface area contributed by atoms with E-state index in [4.69, 9.17) is 5.11 Å². The Labute approximate surface area is 60.7 Å². The highest BCUT2D eigenvalue weighted by Gasteiger charge is 1.90. The molecule has 2 nitrogen and oxygen atoms in total. The highest BCUT2D eigenvalue weighted by Crippen LogP contribution is 2.14. The van der Waals surface area contributed by atoms with E-state index in [1.165, 1.54) is 6.20 Å². The van der Waals surface area contributed by atoms with Crippen LogP contribution in [0.15, 0.2) is 18.5 Å². The molecule has 0 saturated heterocycles. The first kappa shape index (κ1) is 5.81. The zero-order valence-corrected chi connectivity index (χ0v) is 6.16. The van der Waals surface area contributed by atoms with Crippen LogP contribution >= 0.6 is 22.6 Å². The molecule has 0 fully saturated rings. The van der Waals surface area contributed by atoms with Crippen molar-refractivity contribution in [3.8, 4) is 5.75 Å². The van der Waals surface area contributed by atoms with E-state index in [9.17, 15) is 0 Å². The summed E-state index contributed by atoms with van der Waals surface area (Å²) in [5, 5.41) is 8.85. The lowest BCUT2D eigenvalue weighted by molar-refractivity contribution is 0.469. The molecule has 0 spiro atoms. The molecule has 1 N–H and O–H groups in total. The zero-order valence-electron chi connectivity index (χ0n) is 4.00. The fourth-order valence-electron chi connectivity index (χ4n) is 0.369. The van der Waals surface area contributed by atoms with Crippen molar-refractivity contribution in [3.63, 3.8) is 0 Å². The molecule has 0 amide bonds. The summed E-state index contributed by atoms with van der Waals surface area (Å²) >= 11 is 2.03. The second-order valence-electron chi connectivity index (χ2n) is 1.33. The van der Waals surface area contributed by atoms with Gasteiger partial charge in [-0.2, -0.15) is 0 Å². The Bertz CT molecular complexity index is 169. The van der Waals surface area contributed by atoms with Gasteiger partial charge in [0, 0.05) is 6.20 Å². The first-order valence-electron chi connectivity index (χ1n) is 2.09. The predicted molar refractivity (Wildman–Crippen MR) is 38.6 cm³/mol. The van der Waals surface area contributed by atoms with Crippen LogP contribution in [0.1, 0.15) is 0 Å². The molecule has 0 unspecified atom stereocenters. The maximum absolute atomic E-state index is 8.85. The molecule has 0 radical (unpaired) electrons. The molecule has 0 atom stereocenters. The minimum Gasteiger partial charge on any atom is -0.505 e. The first-order chi connectivity index (χ1) is 3.80. The maximum Gasteiger partial charge on any atom is 0.147 e. The summed E-state index contributed by atoms with van der Waals surface area (Å²) < 4.78 is 0.831. The number of pyridine rings is 1. The van der Waals surface area contributed by atoms with Gasteiger partial charge >= 0.3 is 0 Å². The summed E-state index contributed by atoms with van der Waals surface area (Å²) in [6.45, 7) is 0. The molecule has 1 rings (SSSR count). The molecular weight excluding hydrogens is 217 g/mol. The Morgan fingerprint density at radius 2 is 2.38 bits per heavy atom. The van der Waals surface area contributed by atoms with Gasteiger partial charge in [-0.05, 0) is 28.7 Å². The van der Waals surface area contributed by atoms with E-state index in [0.717, 1.165) is 3.57 Å². The molecule has 8 heavy (non-hydrogen) atoms. The van der Waals surface area contributed by atoms with E-state index in [2.05, 4.69) is 4.98 Å². The normalized spacial score (nSPS) is 9.12. The van der Waals surface area contributed by atoms with Gasteiger partial charge in [0.05, 0.1) is 9.77 Å². The van der Waals surface area contributed by atoms with Crippen molar-refractivity contribution in [2.45, 2.75) is 0 Å². The number of hydrogen-bond donors (Lipinski definition) is 1. The van der Waals surface area contributed by atoms with Gasteiger partial charge < -0.3 is 5.11 Å². The second kappa shape index (κ2) is 2.30. The second-order valence-corrected chi connectivity index (χ2v) is 2.49. The Balaban J connectivity index is 3.13. The Kier molecular flexibility index (Phi) is 1.67. The minimum absolute atomic E-state index is 0.244. The van der Waals surface area contributed by atoms with Crippen molar-refractivity contribution in [2.24, 2.45) is 0 Å². The van der Waals surface area contributed by atoms with E-state index in [1.54, 1.807) is 12.3 Å². The molecule has 0 saturated carbocycles. The van der Waals surface area contributed by atoms with Gasteiger partial charge in [0.25, 0.3) is 0 Å². The third kappa shape index (κ3) is 1.09. The monoisotopic (exact) mass is 221 g/mol. The van der Waals surface area contributed by atoms with Gasteiger partial charge in [0.1, 0.15) is 5.75 Å². The Morgan fingerprint density at radius 1 is 1.62 bits per heavy atom. The molecule has 3 heteroatoms. The van der Waals surface area contributed by atoms with Gasteiger partial charge in [-0.15, -0.1) is 0 Å². The van der Waals surface area contributed by atoms with E-state index in [-0.39, 0.29) is 5.75 Å². The van der Waals surface area contributed by atoms with Gasteiger partial charge in [0.2, 0.25) is 0 Å². The fraction of sp³-hybridized carbons (Fsp3) is 0. The molecule has 0 aliphatic rings. The number of aromatic nitrogens is 1. The van der Waals surface area contributed by atoms with E-state index >= 15 is 0 Å². The molecule has 0 aromatic carbocycles. The quantitative estimate of drug-likeness (QED) is 0.671. The first-order valence-corrected chi connectivity index (χ1v) is 3.17. The summed E-state index contributed by atoms with van der Waals surface area (Å²) in [6.07, 6.45) is 3.06. The fourth-order valence-corrected chi connectivity index (χ4v) is 0.669. The van der Waals surface area contributed by atoms with Crippen LogP contribution < -0.4 is 0 Å². The number of rotatable bonds is 0. The lowest BCUT2D eigenvalue weighted by Crippen LogP contribution is -1.72.